The Labute approximate surface area is 98.8 Å². The van der Waals surface area contributed by atoms with Crippen LogP contribution < -0.4 is 10.6 Å². The van der Waals surface area contributed by atoms with E-state index in [-0.39, 0.29) is 0 Å². The lowest BCUT2D eigenvalue weighted by Crippen LogP contribution is -2.46. The Bertz CT molecular complexity index is 364. The van der Waals surface area contributed by atoms with Gasteiger partial charge in [0.2, 0.25) is 0 Å². The monoisotopic (exact) mass is 240 g/mol. The smallest absolute Gasteiger partial charge is 0.326 e. The van der Waals surface area contributed by atoms with Crippen LogP contribution in [0.1, 0.15) is 13.3 Å². The second-order valence-corrected chi connectivity index (χ2v) is 3.47. The molecule has 0 fully saturated rings. The molecular weight excluding hydrogens is 224 g/mol. The van der Waals surface area contributed by atoms with Gasteiger partial charge >= 0.3 is 12.0 Å². The topological polar surface area (TPSA) is 96.3 Å². The van der Waals surface area contributed by atoms with E-state index >= 15 is 0 Å². The van der Waals surface area contributed by atoms with Crippen molar-refractivity contribution in [1.29, 1.82) is 0 Å². The van der Waals surface area contributed by atoms with E-state index in [0.717, 1.165) is 0 Å². The number of carbonyl (C=O) groups is 2. The van der Waals surface area contributed by atoms with E-state index in [1.54, 1.807) is 30.1 Å². The molecule has 0 aliphatic carbocycles. The quantitative estimate of drug-likeness (QED) is 0.654. The SMILES string of the molecule is CCC(NC(=O)NCCn1cccn1)C(=O)O. The molecule has 0 aromatic carbocycles. The zero-order valence-corrected chi connectivity index (χ0v) is 9.59. The number of rotatable bonds is 6. The van der Waals surface area contributed by atoms with E-state index in [1.165, 1.54) is 0 Å². The number of urea groups is 1. The summed E-state index contributed by atoms with van der Waals surface area (Å²) in [5.74, 6) is -1.03. The molecule has 0 saturated heterocycles. The molecule has 3 N–H and O–H groups in total. The minimum absolute atomic E-state index is 0.349. The lowest BCUT2D eigenvalue weighted by molar-refractivity contribution is -0.139. The van der Waals surface area contributed by atoms with E-state index < -0.39 is 18.0 Å². The number of nitrogens with zero attached hydrogens (tertiary/aromatic N) is 2. The first-order valence-electron chi connectivity index (χ1n) is 5.38. The Balaban J connectivity index is 2.23. The Kier molecular flexibility index (Phi) is 4.99. The second-order valence-electron chi connectivity index (χ2n) is 3.47. The van der Waals surface area contributed by atoms with Gasteiger partial charge in [-0.1, -0.05) is 6.92 Å². The van der Waals surface area contributed by atoms with Crippen molar-refractivity contribution in [3.05, 3.63) is 18.5 Å². The molecular formula is C10H16N4O3. The van der Waals surface area contributed by atoms with Crippen molar-refractivity contribution in [2.75, 3.05) is 6.54 Å². The summed E-state index contributed by atoms with van der Waals surface area (Å²) in [4.78, 5) is 22.0. The van der Waals surface area contributed by atoms with Gasteiger partial charge in [0.05, 0.1) is 6.54 Å². The van der Waals surface area contributed by atoms with Gasteiger partial charge in [-0.2, -0.15) is 5.10 Å². The van der Waals surface area contributed by atoms with Gasteiger partial charge < -0.3 is 15.7 Å². The van der Waals surface area contributed by atoms with E-state index in [0.29, 0.717) is 19.5 Å². The molecule has 1 atom stereocenters. The second kappa shape index (κ2) is 6.51. The highest BCUT2D eigenvalue weighted by molar-refractivity contribution is 5.82. The molecule has 0 radical (unpaired) electrons. The fourth-order valence-electron chi connectivity index (χ4n) is 1.26. The van der Waals surface area contributed by atoms with Crippen LogP contribution in [0, 0.1) is 0 Å². The Morgan fingerprint density at radius 3 is 2.82 bits per heavy atom. The number of aromatic nitrogens is 2. The molecule has 7 nitrogen and oxygen atoms in total. The van der Waals surface area contributed by atoms with Crippen LogP contribution in [0.4, 0.5) is 4.79 Å². The molecule has 1 rings (SSSR count). The van der Waals surface area contributed by atoms with Gasteiger partial charge in [-0.05, 0) is 12.5 Å². The predicted molar refractivity (Wildman–Crippen MR) is 60.5 cm³/mol. The number of hydrogen-bond acceptors (Lipinski definition) is 3. The number of aliphatic carboxylic acids is 1. The summed E-state index contributed by atoms with van der Waals surface area (Å²) in [5.41, 5.74) is 0. The molecule has 1 heterocycles. The minimum atomic E-state index is -1.03. The standard InChI is InChI=1S/C10H16N4O3/c1-2-8(9(15)16)13-10(17)11-5-7-14-6-3-4-12-14/h3-4,6,8H,2,5,7H2,1H3,(H,15,16)(H2,11,13,17). The number of amides is 2. The summed E-state index contributed by atoms with van der Waals surface area (Å²) in [5, 5.41) is 17.6. The lowest BCUT2D eigenvalue weighted by atomic mass is 10.2. The first-order valence-corrected chi connectivity index (χ1v) is 5.38. The maximum absolute atomic E-state index is 11.3. The summed E-state index contributed by atoms with van der Waals surface area (Å²) in [6.07, 6.45) is 3.78. The number of nitrogens with one attached hydrogen (secondary N) is 2. The molecule has 7 heteroatoms. The molecule has 1 aromatic rings. The van der Waals surface area contributed by atoms with Crippen LogP contribution in [0.5, 0.6) is 0 Å². The van der Waals surface area contributed by atoms with E-state index in [9.17, 15) is 9.59 Å². The molecule has 0 saturated carbocycles. The Hall–Kier alpha value is -2.05. The van der Waals surface area contributed by atoms with Crippen molar-refractivity contribution in [3.63, 3.8) is 0 Å². The average molecular weight is 240 g/mol. The fourth-order valence-corrected chi connectivity index (χ4v) is 1.26. The third-order valence-electron chi connectivity index (χ3n) is 2.20. The summed E-state index contributed by atoms with van der Waals surface area (Å²) in [7, 11) is 0. The predicted octanol–water partition coefficient (Wildman–Crippen LogP) is 0.0455. The van der Waals surface area contributed by atoms with Crippen molar-refractivity contribution < 1.29 is 14.7 Å². The van der Waals surface area contributed by atoms with Gasteiger partial charge in [0, 0.05) is 18.9 Å². The summed E-state index contributed by atoms with van der Waals surface area (Å²) in [6, 6.07) is 0.462. The van der Waals surface area contributed by atoms with Crippen LogP contribution >= 0.6 is 0 Å². The first kappa shape index (κ1) is 13.0. The van der Waals surface area contributed by atoms with E-state index in [1.807, 2.05) is 0 Å². The maximum Gasteiger partial charge on any atom is 0.326 e. The molecule has 2 amide bonds. The summed E-state index contributed by atoms with van der Waals surface area (Å²) in [6.45, 7) is 2.64. The van der Waals surface area contributed by atoms with Crippen molar-refractivity contribution in [3.8, 4) is 0 Å². The normalized spacial score (nSPS) is 11.8. The van der Waals surface area contributed by atoms with Crippen molar-refractivity contribution in [2.45, 2.75) is 25.9 Å². The molecule has 0 aliphatic heterocycles. The van der Waals surface area contributed by atoms with Crippen LogP contribution in [0.25, 0.3) is 0 Å². The van der Waals surface area contributed by atoms with Crippen molar-refractivity contribution >= 4 is 12.0 Å². The first-order chi connectivity index (χ1) is 8.13. The van der Waals surface area contributed by atoms with Crippen LogP contribution in [0.2, 0.25) is 0 Å². The van der Waals surface area contributed by atoms with Crippen LogP contribution in [0.3, 0.4) is 0 Å². The Morgan fingerprint density at radius 1 is 1.53 bits per heavy atom. The highest BCUT2D eigenvalue weighted by Gasteiger charge is 2.16. The largest absolute Gasteiger partial charge is 0.480 e. The minimum Gasteiger partial charge on any atom is -0.480 e. The average Bonchev–Trinajstić information content (AvgIpc) is 2.78. The highest BCUT2D eigenvalue weighted by Crippen LogP contribution is 1.90. The van der Waals surface area contributed by atoms with Crippen molar-refractivity contribution in [2.24, 2.45) is 0 Å². The van der Waals surface area contributed by atoms with Gasteiger partial charge in [-0.3, -0.25) is 4.68 Å². The van der Waals surface area contributed by atoms with Crippen LogP contribution in [-0.4, -0.2) is 39.5 Å². The van der Waals surface area contributed by atoms with E-state index in [2.05, 4.69) is 15.7 Å². The third-order valence-corrected chi connectivity index (χ3v) is 2.20. The zero-order valence-electron chi connectivity index (χ0n) is 9.59. The van der Waals surface area contributed by atoms with Gasteiger partial charge in [-0.25, -0.2) is 9.59 Å². The summed E-state index contributed by atoms with van der Waals surface area (Å²) >= 11 is 0. The fraction of sp³-hybridized carbons (Fsp3) is 0.500. The van der Waals surface area contributed by atoms with E-state index in [4.69, 9.17) is 5.11 Å². The number of carboxylic acids is 1. The Morgan fingerprint density at radius 2 is 2.29 bits per heavy atom. The molecule has 0 spiro atoms. The maximum atomic E-state index is 11.3. The van der Waals surface area contributed by atoms with Gasteiger partial charge in [0.15, 0.2) is 0 Å². The van der Waals surface area contributed by atoms with Gasteiger partial charge in [-0.15, -0.1) is 0 Å². The lowest BCUT2D eigenvalue weighted by Gasteiger charge is -2.13. The molecule has 0 bridgehead atoms. The number of hydrogen-bond donors (Lipinski definition) is 3. The summed E-state index contributed by atoms with van der Waals surface area (Å²) < 4.78 is 1.68. The number of carboxylic acid groups (broad SMARTS) is 1. The van der Waals surface area contributed by atoms with Gasteiger partial charge in [0.25, 0.3) is 0 Å². The van der Waals surface area contributed by atoms with Crippen LogP contribution in [0.15, 0.2) is 18.5 Å². The number of carbonyl (C=O) groups excluding carboxylic acids is 1. The molecule has 94 valence electrons. The molecule has 17 heavy (non-hydrogen) atoms. The third kappa shape index (κ3) is 4.54. The molecule has 1 aromatic heterocycles. The highest BCUT2D eigenvalue weighted by atomic mass is 16.4. The van der Waals surface area contributed by atoms with Crippen molar-refractivity contribution in [1.82, 2.24) is 20.4 Å². The molecule has 1 unspecified atom stereocenters. The van der Waals surface area contributed by atoms with Gasteiger partial charge in [0.1, 0.15) is 6.04 Å². The van der Waals surface area contributed by atoms with Crippen LogP contribution in [-0.2, 0) is 11.3 Å². The zero-order chi connectivity index (χ0) is 12.7. The molecule has 0 aliphatic rings.